The second-order valence-corrected chi connectivity index (χ2v) is 9.21. The van der Waals surface area contributed by atoms with Crippen LogP contribution in [0, 0.1) is 10.8 Å². The highest BCUT2D eigenvalue weighted by Crippen LogP contribution is 2.43. The number of hydrogen-bond donors (Lipinski definition) is 0. The van der Waals surface area contributed by atoms with Crippen LogP contribution in [0.3, 0.4) is 0 Å². The van der Waals surface area contributed by atoms with Gasteiger partial charge in [-0.1, -0.05) is 47.1 Å². The summed E-state index contributed by atoms with van der Waals surface area (Å²) in [4.78, 5) is 25.1. The average molecular weight is 415 g/mol. The third kappa shape index (κ3) is 5.96. The van der Waals surface area contributed by atoms with Crippen molar-refractivity contribution in [2.75, 3.05) is 14.2 Å². The molecule has 4 nitrogen and oxygen atoms in total. The van der Waals surface area contributed by atoms with Crippen molar-refractivity contribution in [1.82, 2.24) is 0 Å². The van der Waals surface area contributed by atoms with E-state index in [1.165, 1.54) is 30.9 Å². The molecule has 0 spiro atoms. The van der Waals surface area contributed by atoms with Gasteiger partial charge in [-0.15, -0.1) is 0 Å². The number of esters is 2. The first-order valence-corrected chi connectivity index (χ1v) is 11.1. The normalized spacial score (nSPS) is 26.6. The minimum Gasteiger partial charge on any atom is -0.469 e. The molecule has 0 saturated heterocycles. The first-order chi connectivity index (χ1) is 14.3. The Morgan fingerprint density at radius 3 is 2.33 bits per heavy atom. The van der Waals surface area contributed by atoms with Crippen molar-refractivity contribution < 1.29 is 19.1 Å². The minimum atomic E-state index is -0.533. The molecular weight excluding hydrogens is 376 g/mol. The smallest absolute Gasteiger partial charge is 0.315 e. The zero-order valence-electron chi connectivity index (χ0n) is 19.4. The Bertz CT molecular complexity index is 751. The molecule has 2 aliphatic rings. The Morgan fingerprint density at radius 2 is 1.73 bits per heavy atom. The van der Waals surface area contributed by atoms with Gasteiger partial charge in [-0.25, -0.2) is 0 Å². The third-order valence-corrected chi connectivity index (χ3v) is 6.48. The molecule has 30 heavy (non-hydrogen) atoms. The Labute approximate surface area is 182 Å². The van der Waals surface area contributed by atoms with Gasteiger partial charge in [-0.3, -0.25) is 9.59 Å². The fraction of sp³-hybridized carbons (Fsp3) is 0.615. The van der Waals surface area contributed by atoms with Crippen molar-refractivity contribution in [1.29, 1.82) is 0 Å². The van der Waals surface area contributed by atoms with Gasteiger partial charge in [0, 0.05) is 0 Å². The highest BCUT2D eigenvalue weighted by Gasteiger charge is 2.40. The molecule has 2 rings (SSSR count). The van der Waals surface area contributed by atoms with Gasteiger partial charge in [0.05, 0.1) is 25.0 Å². The molecule has 0 aromatic carbocycles. The van der Waals surface area contributed by atoms with Crippen molar-refractivity contribution in [2.24, 2.45) is 10.8 Å². The van der Waals surface area contributed by atoms with Gasteiger partial charge in [0.15, 0.2) is 0 Å². The summed E-state index contributed by atoms with van der Waals surface area (Å²) in [5.74, 6) is -0.255. The predicted molar refractivity (Wildman–Crippen MR) is 121 cm³/mol. The lowest BCUT2D eigenvalue weighted by atomic mass is 9.70. The van der Waals surface area contributed by atoms with E-state index in [4.69, 9.17) is 9.47 Å². The van der Waals surface area contributed by atoms with Gasteiger partial charge >= 0.3 is 11.9 Å². The van der Waals surface area contributed by atoms with E-state index < -0.39 is 10.8 Å². The summed E-state index contributed by atoms with van der Waals surface area (Å²) in [5, 5.41) is 0. The van der Waals surface area contributed by atoms with Gasteiger partial charge in [0.1, 0.15) is 0 Å². The van der Waals surface area contributed by atoms with Crippen molar-refractivity contribution >= 4 is 11.9 Å². The molecule has 0 aromatic heterocycles. The number of carbonyl (C=O) groups excluding carboxylic acids is 2. The summed E-state index contributed by atoms with van der Waals surface area (Å²) in [5.41, 5.74) is 2.74. The van der Waals surface area contributed by atoms with Crippen molar-refractivity contribution in [3.63, 3.8) is 0 Å². The molecule has 4 heteroatoms. The van der Waals surface area contributed by atoms with E-state index in [9.17, 15) is 9.59 Å². The minimum absolute atomic E-state index is 0.107. The Hall–Kier alpha value is -2.10. The predicted octanol–water partition coefficient (Wildman–Crippen LogP) is 6.24. The molecule has 0 aromatic rings. The Balaban J connectivity index is 2.12. The summed E-state index contributed by atoms with van der Waals surface area (Å²) >= 11 is 0. The molecule has 2 atom stereocenters. The van der Waals surface area contributed by atoms with Crippen LogP contribution in [0.4, 0.5) is 0 Å². The lowest BCUT2D eigenvalue weighted by Gasteiger charge is -2.34. The SMILES string of the molecule is COC(=O)C1(C/C=C(\C)CC2=CCCC(CC=C(C)C)(C(=O)OC)C2)C=CCCC1. The van der Waals surface area contributed by atoms with E-state index in [1.54, 1.807) is 0 Å². The number of carbonyl (C=O) groups is 2. The van der Waals surface area contributed by atoms with Crippen LogP contribution < -0.4 is 0 Å². The molecule has 0 fully saturated rings. The van der Waals surface area contributed by atoms with Gasteiger partial charge < -0.3 is 9.47 Å². The molecule has 0 heterocycles. The van der Waals surface area contributed by atoms with E-state index in [0.29, 0.717) is 6.42 Å². The van der Waals surface area contributed by atoms with Crippen LogP contribution in [-0.2, 0) is 19.1 Å². The van der Waals surface area contributed by atoms with Gasteiger partial charge in [0.25, 0.3) is 0 Å². The molecule has 0 saturated carbocycles. The summed E-state index contributed by atoms with van der Waals surface area (Å²) in [7, 11) is 2.95. The fourth-order valence-corrected chi connectivity index (χ4v) is 4.67. The molecule has 2 aliphatic carbocycles. The third-order valence-electron chi connectivity index (χ3n) is 6.48. The fourth-order valence-electron chi connectivity index (χ4n) is 4.67. The van der Waals surface area contributed by atoms with Crippen molar-refractivity contribution in [3.05, 3.63) is 47.1 Å². The Kier molecular flexibility index (Phi) is 8.69. The molecule has 0 N–H and O–H groups in total. The molecular formula is C26H38O4. The molecule has 166 valence electrons. The largest absolute Gasteiger partial charge is 0.469 e. The van der Waals surface area contributed by atoms with Crippen LogP contribution in [0.15, 0.2) is 47.1 Å². The molecule has 0 aliphatic heterocycles. The Morgan fingerprint density at radius 1 is 1.00 bits per heavy atom. The number of ether oxygens (including phenoxy) is 2. The quantitative estimate of drug-likeness (QED) is 0.348. The second kappa shape index (κ2) is 10.8. The zero-order chi connectivity index (χ0) is 22.2. The van der Waals surface area contributed by atoms with Crippen LogP contribution in [0.2, 0.25) is 0 Å². The van der Waals surface area contributed by atoms with Crippen LogP contribution >= 0.6 is 0 Å². The van der Waals surface area contributed by atoms with Crippen LogP contribution in [0.1, 0.15) is 78.6 Å². The lowest BCUT2D eigenvalue weighted by molar-refractivity contribution is -0.153. The van der Waals surface area contributed by atoms with E-state index in [-0.39, 0.29) is 11.9 Å². The average Bonchev–Trinajstić information content (AvgIpc) is 2.76. The number of allylic oxidation sites excluding steroid dienone is 7. The summed E-state index contributed by atoms with van der Waals surface area (Å²) in [6, 6.07) is 0. The second-order valence-electron chi connectivity index (χ2n) is 9.21. The number of methoxy groups -OCH3 is 2. The van der Waals surface area contributed by atoms with Gasteiger partial charge in [-0.2, -0.15) is 0 Å². The van der Waals surface area contributed by atoms with Crippen LogP contribution in [0.25, 0.3) is 0 Å². The maximum absolute atomic E-state index is 12.7. The lowest BCUT2D eigenvalue weighted by Crippen LogP contribution is -2.34. The maximum atomic E-state index is 12.7. The first-order valence-electron chi connectivity index (χ1n) is 11.1. The van der Waals surface area contributed by atoms with E-state index in [2.05, 4.69) is 45.1 Å². The topological polar surface area (TPSA) is 52.6 Å². The van der Waals surface area contributed by atoms with Crippen molar-refractivity contribution in [2.45, 2.75) is 78.6 Å². The summed E-state index contributed by atoms with van der Waals surface area (Å²) in [6.07, 6.45) is 18.3. The molecule has 0 radical (unpaired) electrons. The van der Waals surface area contributed by atoms with Crippen LogP contribution in [-0.4, -0.2) is 26.2 Å². The standard InChI is InChI=1S/C26H38O4/c1-20(2)11-16-26(24(28)30-5)15-9-10-22(19-26)18-21(3)12-17-25(23(27)29-4)13-7-6-8-14-25/h7,10-13H,6,8-9,14-19H2,1-5H3/b21-12+. The van der Waals surface area contributed by atoms with E-state index in [1.807, 2.05) is 6.08 Å². The monoisotopic (exact) mass is 414 g/mol. The van der Waals surface area contributed by atoms with E-state index in [0.717, 1.165) is 51.4 Å². The summed E-state index contributed by atoms with van der Waals surface area (Å²) in [6.45, 7) is 6.24. The molecule has 2 unspecified atom stereocenters. The van der Waals surface area contributed by atoms with Crippen molar-refractivity contribution in [3.8, 4) is 0 Å². The van der Waals surface area contributed by atoms with Crippen LogP contribution in [0.5, 0.6) is 0 Å². The van der Waals surface area contributed by atoms with Gasteiger partial charge in [0.2, 0.25) is 0 Å². The maximum Gasteiger partial charge on any atom is 0.315 e. The highest BCUT2D eigenvalue weighted by molar-refractivity contribution is 5.79. The highest BCUT2D eigenvalue weighted by atomic mass is 16.5. The molecule has 0 amide bonds. The zero-order valence-corrected chi connectivity index (χ0v) is 19.4. The first kappa shape index (κ1) is 24.2. The molecule has 0 bridgehead atoms. The number of hydrogen-bond acceptors (Lipinski definition) is 4. The van der Waals surface area contributed by atoms with Gasteiger partial charge in [-0.05, 0) is 78.6 Å². The van der Waals surface area contributed by atoms with E-state index >= 15 is 0 Å². The number of rotatable bonds is 8. The summed E-state index contributed by atoms with van der Waals surface area (Å²) < 4.78 is 10.3.